The van der Waals surface area contributed by atoms with E-state index in [9.17, 15) is 9.59 Å². The van der Waals surface area contributed by atoms with E-state index in [4.69, 9.17) is 9.47 Å². The van der Waals surface area contributed by atoms with E-state index in [-0.39, 0.29) is 23.4 Å². The van der Waals surface area contributed by atoms with Gasteiger partial charge in [-0.15, -0.1) is 11.3 Å². The van der Waals surface area contributed by atoms with Crippen LogP contribution in [-0.4, -0.2) is 55.1 Å². The number of hydrogen-bond acceptors (Lipinski definition) is 5. The predicted octanol–water partition coefficient (Wildman–Crippen LogP) is 2.68. The van der Waals surface area contributed by atoms with Gasteiger partial charge in [-0.2, -0.15) is 0 Å². The number of methoxy groups -OCH3 is 1. The van der Waals surface area contributed by atoms with Gasteiger partial charge in [-0.1, -0.05) is 0 Å². The number of nitrogens with zero attached hydrogens (tertiary/aromatic N) is 1. The second-order valence-electron chi connectivity index (χ2n) is 6.71. The zero-order chi connectivity index (χ0) is 17.2. The molecule has 0 bridgehead atoms. The van der Waals surface area contributed by atoms with Crippen LogP contribution in [-0.2, 0) is 20.7 Å². The molecule has 24 heavy (non-hydrogen) atoms. The molecular formula is C18H25NO4S. The summed E-state index contributed by atoms with van der Waals surface area (Å²) in [4.78, 5) is 26.5. The molecule has 3 heterocycles. The van der Waals surface area contributed by atoms with Gasteiger partial charge >= 0.3 is 0 Å². The fourth-order valence-electron chi connectivity index (χ4n) is 3.77. The van der Waals surface area contributed by atoms with Crippen LogP contribution in [0, 0.1) is 0 Å². The SMILES string of the molecule is CO[C@H]1CCCOC12CCN(C(=O)Cc1csc(C(C)=O)c1)CC2. The minimum absolute atomic E-state index is 0.0543. The summed E-state index contributed by atoms with van der Waals surface area (Å²) in [7, 11) is 1.75. The van der Waals surface area contributed by atoms with Gasteiger partial charge in [0, 0.05) is 26.8 Å². The first kappa shape index (κ1) is 17.6. The van der Waals surface area contributed by atoms with Gasteiger partial charge in [0.1, 0.15) is 0 Å². The molecule has 1 spiro atoms. The second-order valence-corrected chi connectivity index (χ2v) is 7.62. The van der Waals surface area contributed by atoms with Crippen LogP contribution in [0.2, 0.25) is 0 Å². The third kappa shape index (κ3) is 3.55. The fourth-order valence-corrected chi connectivity index (χ4v) is 4.59. The van der Waals surface area contributed by atoms with Gasteiger partial charge in [-0.3, -0.25) is 9.59 Å². The second kappa shape index (κ2) is 7.33. The first-order valence-electron chi connectivity index (χ1n) is 8.57. The molecule has 1 atom stereocenters. The Balaban J connectivity index is 1.57. The Morgan fingerprint density at radius 2 is 2.17 bits per heavy atom. The molecule has 0 aliphatic carbocycles. The molecule has 6 heteroatoms. The minimum Gasteiger partial charge on any atom is -0.378 e. The highest BCUT2D eigenvalue weighted by atomic mass is 32.1. The van der Waals surface area contributed by atoms with Crippen molar-refractivity contribution in [3.05, 3.63) is 21.9 Å². The summed E-state index contributed by atoms with van der Waals surface area (Å²) < 4.78 is 11.7. The standard InChI is InChI=1S/C18H25NO4S/c1-13(20)15-10-14(12-24-15)11-17(21)19-7-5-18(6-8-19)16(22-2)4-3-9-23-18/h10,12,16H,3-9,11H2,1-2H3/t16-/m0/s1. The molecule has 0 saturated carbocycles. The highest BCUT2D eigenvalue weighted by Crippen LogP contribution is 2.36. The van der Waals surface area contributed by atoms with E-state index in [1.54, 1.807) is 14.0 Å². The molecule has 5 nitrogen and oxygen atoms in total. The summed E-state index contributed by atoms with van der Waals surface area (Å²) in [5.41, 5.74) is 0.715. The normalized spacial score (nSPS) is 23.4. The highest BCUT2D eigenvalue weighted by molar-refractivity contribution is 7.12. The Morgan fingerprint density at radius 3 is 2.79 bits per heavy atom. The smallest absolute Gasteiger partial charge is 0.227 e. The summed E-state index contributed by atoms with van der Waals surface area (Å²) in [6.45, 7) is 3.76. The fraction of sp³-hybridized carbons (Fsp3) is 0.667. The molecule has 132 valence electrons. The largest absolute Gasteiger partial charge is 0.378 e. The average molecular weight is 351 g/mol. The van der Waals surface area contributed by atoms with E-state index in [1.165, 1.54) is 11.3 Å². The summed E-state index contributed by atoms with van der Waals surface area (Å²) in [6.07, 6.45) is 4.25. The Morgan fingerprint density at radius 1 is 1.42 bits per heavy atom. The molecular weight excluding hydrogens is 326 g/mol. The van der Waals surface area contributed by atoms with Crippen molar-refractivity contribution in [1.29, 1.82) is 0 Å². The Bertz CT molecular complexity index is 604. The summed E-state index contributed by atoms with van der Waals surface area (Å²) >= 11 is 1.41. The average Bonchev–Trinajstić information content (AvgIpc) is 3.05. The van der Waals surface area contributed by atoms with Crippen molar-refractivity contribution in [3.8, 4) is 0 Å². The zero-order valence-corrected chi connectivity index (χ0v) is 15.2. The van der Waals surface area contributed by atoms with Crippen LogP contribution < -0.4 is 0 Å². The Labute approximate surface area is 146 Å². The quantitative estimate of drug-likeness (QED) is 0.783. The van der Waals surface area contributed by atoms with Gasteiger partial charge < -0.3 is 14.4 Å². The maximum absolute atomic E-state index is 12.5. The van der Waals surface area contributed by atoms with Crippen LogP contribution in [0.15, 0.2) is 11.4 Å². The first-order valence-corrected chi connectivity index (χ1v) is 9.45. The number of amides is 1. The molecule has 2 saturated heterocycles. The summed E-state index contributed by atoms with van der Waals surface area (Å²) in [5, 5.41) is 1.91. The number of Topliss-reactive ketones (excluding diaryl/α,β-unsaturated/α-hetero) is 1. The number of rotatable bonds is 4. The van der Waals surface area contributed by atoms with Crippen molar-refractivity contribution in [2.45, 2.75) is 50.7 Å². The van der Waals surface area contributed by atoms with E-state index in [0.717, 1.165) is 37.9 Å². The minimum atomic E-state index is -0.214. The van der Waals surface area contributed by atoms with E-state index in [2.05, 4.69) is 0 Å². The van der Waals surface area contributed by atoms with E-state index in [1.807, 2.05) is 16.3 Å². The number of hydrogen-bond donors (Lipinski definition) is 0. The number of carbonyl (C=O) groups excluding carboxylic acids is 2. The van der Waals surface area contributed by atoms with Crippen LogP contribution in [0.25, 0.3) is 0 Å². The van der Waals surface area contributed by atoms with Crippen LogP contribution in [0.4, 0.5) is 0 Å². The molecule has 0 N–H and O–H groups in total. The number of carbonyl (C=O) groups is 2. The molecule has 1 aromatic rings. The van der Waals surface area contributed by atoms with E-state index < -0.39 is 0 Å². The van der Waals surface area contributed by atoms with Crippen molar-refractivity contribution in [3.63, 3.8) is 0 Å². The lowest BCUT2D eigenvalue weighted by atomic mass is 9.81. The monoisotopic (exact) mass is 351 g/mol. The van der Waals surface area contributed by atoms with Crippen LogP contribution in [0.1, 0.15) is 47.8 Å². The molecule has 3 rings (SSSR count). The Hall–Kier alpha value is -1.24. The van der Waals surface area contributed by atoms with Crippen LogP contribution >= 0.6 is 11.3 Å². The first-order chi connectivity index (χ1) is 11.5. The number of ether oxygens (including phenoxy) is 2. The van der Waals surface area contributed by atoms with E-state index >= 15 is 0 Å². The van der Waals surface area contributed by atoms with Crippen LogP contribution in [0.3, 0.4) is 0 Å². The number of ketones is 1. The topological polar surface area (TPSA) is 55.8 Å². The molecule has 2 fully saturated rings. The lowest BCUT2D eigenvalue weighted by Crippen LogP contribution is -2.56. The maximum Gasteiger partial charge on any atom is 0.227 e. The molecule has 0 aromatic carbocycles. The number of piperidine rings is 1. The van der Waals surface area contributed by atoms with Crippen molar-refractivity contribution in [2.24, 2.45) is 0 Å². The summed E-state index contributed by atoms with van der Waals surface area (Å²) in [5.74, 6) is 0.182. The molecule has 0 radical (unpaired) electrons. The van der Waals surface area contributed by atoms with Crippen molar-refractivity contribution < 1.29 is 19.1 Å². The third-order valence-electron chi connectivity index (χ3n) is 5.19. The van der Waals surface area contributed by atoms with Gasteiger partial charge in [0.15, 0.2) is 5.78 Å². The molecule has 1 aromatic heterocycles. The van der Waals surface area contributed by atoms with Crippen molar-refractivity contribution in [2.75, 3.05) is 26.8 Å². The van der Waals surface area contributed by atoms with Gasteiger partial charge in [0.2, 0.25) is 5.91 Å². The lowest BCUT2D eigenvalue weighted by molar-refractivity contribution is -0.188. The predicted molar refractivity (Wildman–Crippen MR) is 92.6 cm³/mol. The summed E-state index contributed by atoms with van der Waals surface area (Å²) in [6, 6.07) is 1.83. The zero-order valence-electron chi connectivity index (χ0n) is 14.4. The Kier molecular flexibility index (Phi) is 5.37. The van der Waals surface area contributed by atoms with Crippen molar-refractivity contribution >= 4 is 23.0 Å². The highest BCUT2D eigenvalue weighted by Gasteiger charge is 2.45. The maximum atomic E-state index is 12.5. The number of thiophene rings is 1. The van der Waals surface area contributed by atoms with Crippen LogP contribution in [0.5, 0.6) is 0 Å². The van der Waals surface area contributed by atoms with Gasteiger partial charge in [-0.25, -0.2) is 0 Å². The van der Waals surface area contributed by atoms with E-state index in [0.29, 0.717) is 24.4 Å². The van der Waals surface area contributed by atoms with Crippen molar-refractivity contribution in [1.82, 2.24) is 4.90 Å². The van der Waals surface area contributed by atoms with Gasteiger partial charge in [0.25, 0.3) is 0 Å². The third-order valence-corrected chi connectivity index (χ3v) is 6.27. The van der Waals surface area contributed by atoms with Gasteiger partial charge in [0.05, 0.1) is 23.0 Å². The molecule has 2 aliphatic heterocycles. The molecule has 0 unspecified atom stereocenters. The molecule has 1 amide bonds. The number of likely N-dealkylation sites (tertiary alicyclic amines) is 1. The molecule has 2 aliphatic rings. The lowest BCUT2D eigenvalue weighted by Gasteiger charge is -2.48. The van der Waals surface area contributed by atoms with Gasteiger partial charge in [-0.05, 0) is 49.6 Å².